The molecule has 0 bridgehead atoms. The highest BCUT2D eigenvalue weighted by molar-refractivity contribution is 4.64. The predicted octanol–water partition coefficient (Wildman–Crippen LogP) is -0.644. The molecule has 4 heteroatoms. The molecule has 0 aliphatic carbocycles. The minimum Gasteiger partial charge on any atom is -0.395 e. The lowest BCUT2D eigenvalue weighted by Gasteiger charge is -2.14. The van der Waals surface area contributed by atoms with Gasteiger partial charge in [0.15, 0.2) is 0 Å². The molecule has 0 amide bonds. The first-order valence-electron chi connectivity index (χ1n) is 4.29. The summed E-state index contributed by atoms with van der Waals surface area (Å²) in [7, 11) is 1.66. The average molecular weight is 177 g/mol. The molecule has 0 fully saturated rings. The second-order valence-corrected chi connectivity index (χ2v) is 2.69. The van der Waals surface area contributed by atoms with Crippen LogP contribution in [0.2, 0.25) is 0 Å². The third kappa shape index (κ3) is 6.54. The normalized spacial score (nSPS) is 13.2. The van der Waals surface area contributed by atoms with Crippen LogP contribution in [0.4, 0.5) is 0 Å². The molecule has 1 unspecified atom stereocenters. The fourth-order valence-corrected chi connectivity index (χ4v) is 1.00. The van der Waals surface area contributed by atoms with Crippen molar-refractivity contribution >= 4 is 0 Å². The number of hydrogen-bond donors (Lipinski definition) is 3. The third-order valence-electron chi connectivity index (χ3n) is 1.67. The summed E-state index contributed by atoms with van der Waals surface area (Å²) in [5.74, 6) is 0. The molecule has 0 heterocycles. The van der Waals surface area contributed by atoms with E-state index in [1.165, 1.54) is 0 Å². The Morgan fingerprint density at radius 1 is 1.42 bits per heavy atom. The van der Waals surface area contributed by atoms with Gasteiger partial charge in [0, 0.05) is 26.3 Å². The molecular formula is C8H19NO3. The van der Waals surface area contributed by atoms with Gasteiger partial charge >= 0.3 is 0 Å². The Hall–Kier alpha value is -0.160. The molecule has 0 saturated carbocycles. The highest BCUT2D eigenvalue weighted by atomic mass is 16.5. The SMILES string of the molecule is COCCCC(CO)NCCO. The van der Waals surface area contributed by atoms with Gasteiger partial charge in [-0.15, -0.1) is 0 Å². The highest BCUT2D eigenvalue weighted by Crippen LogP contribution is 1.96. The van der Waals surface area contributed by atoms with Crippen LogP contribution in [0.5, 0.6) is 0 Å². The summed E-state index contributed by atoms with van der Waals surface area (Å²) in [6.07, 6.45) is 1.81. The van der Waals surface area contributed by atoms with Crippen molar-refractivity contribution in [3.63, 3.8) is 0 Å². The van der Waals surface area contributed by atoms with Crippen LogP contribution >= 0.6 is 0 Å². The Bertz CT molecular complexity index is 90.4. The van der Waals surface area contributed by atoms with Crippen molar-refractivity contribution in [2.45, 2.75) is 18.9 Å². The Labute approximate surface area is 73.5 Å². The number of methoxy groups -OCH3 is 1. The smallest absolute Gasteiger partial charge is 0.0584 e. The monoisotopic (exact) mass is 177 g/mol. The van der Waals surface area contributed by atoms with Crippen LogP contribution in [-0.4, -0.2) is 49.7 Å². The molecule has 0 aliphatic heterocycles. The summed E-state index contributed by atoms with van der Waals surface area (Å²) in [6.45, 7) is 1.49. The van der Waals surface area contributed by atoms with Gasteiger partial charge in [-0.3, -0.25) is 0 Å². The molecule has 0 spiro atoms. The van der Waals surface area contributed by atoms with Gasteiger partial charge in [-0.1, -0.05) is 0 Å². The van der Waals surface area contributed by atoms with E-state index in [9.17, 15) is 0 Å². The van der Waals surface area contributed by atoms with Crippen LogP contribution < -0.4 is 5.32 Å². The van der Waals surface area contributed by atoms with E-state index in [1.807, 2.05) is 0 Å². The standard InChI is InChI=1S/C8H19NO3/c1-12-6-2-3-8(7-11)9-4-5-10/h8-11H,2-7H2,1H3. The second-order valence-electron chi connectivity index (χ2n) is 2.69. The third-order valence-corrected chi connectivity index (χ3v) is 1.67. The second kappa shape index (κ2) is 8.93. The first-order chi connectivity index (χ1) is 5.85. The van der Waals surface area contributed by atoms with Crippen LogP contribution in [0, 0.1) is 0 Å². The molecule has 12 heavy (non-hydrogen) atoms. The maximum Gasteiger partial charge on any atom is 0.0584 e. The Kier molecular flexibility index (Phi) is 8.81. The average Bonchev–Trinajstić information content (AvgIpc) is 2.11. The predicted molar refractivity (Wildman–Crippen MR) is 47.1 cm³/mol. The lowest BCUT2D eigenvalue weighted by atomic mass is 10.2. The Balaban J connectivity index is 3.26. The molecule has 1 atom stereocenters. The van der Waals surface area contributed by atoms with Gasteiger partial charge in [-0.05, 0) is 12.8 Å². The topological polar surface area (TPSA) is 61.7 Å². The summed E-state index contributed by atoms with van der Waals surface area (Å²) < 4.78 is 4.88. The van der Waals surface area contributed by atoms with Gasteiger partial charge in [0.2, 0.25) is 0 Å². The molecular weight excluding hydrogens is 158 g/mol. The fourth-order valence-electron chi connectivity index (χ4n) is 1.00. The molecule has 0 aromatic rings. The maximum absolute atomic E-state index is 8.87. The molecule has 0 radical (unpaired) electrons. The van der Waals surface area contributed by atoms with E-state index in [0.29, 0.717) is 6.54 Å². The Morgan fingerprint density at radius 2 is 2.17 bits per heavy atom. The lowest BCUT2D eigenvalue weighted by molar-refractivity contribution is 0.174. The van der Waals surface area contributed by atoms with E-state index in [0.717, 1.165) is 19.4 Å². The zero-order valence-corrected chi connectivity index (χ0v) is 7.62. The van der Waals surface area contributed by atoms with Crippen molar-refractivity contribution in [2.75, 3.05) is 33.5 Å². The molecule has 0 aliphatic rings. The minimum atomic E-state index is 0.0901. The van der Waals surface area contributed by atoms with Crippen molar-refractivity contribution in [3.8, 4) is 0 Å². The molecule has 4 nitrogen and oxygen atoms in total. The maximum atomic E-state index is 8.87. The van der Waals surface area contributed by atoms with Crippen molar-refractivity contribution in [3.05, 3.63) is 0 Å². The van der Waals surface area contributed by atoms with Gasteiger partial charge < -0.3 is 20.3 Å². The number of hydrogen-bond acceptors (Lipinski definition) is 4. The number of nitrogens with one attached hydrogen (secondary N) is 1. The molecule has 3 N–H and O–H groups in total. The first kappa shape index (κ1) is 11.8. The van der Waals surface area contributed by atoms with Crippen molar-refractivity contribution in [2.24, 2.45) is 0 Å². The number of aliphatic hydroxyl groups is 2. The van der Waals surface area contributed by atoms with Gasteiger partial charge in [-0.25, -0.2) is 0 Å². The van der Waals surface area contributed by atoms with Crippen LogP contribution in [0.15, 0.2) is 0 Å². The Morgan fingerprint density at radius 3 is 2.67 bits per heavy atom. The summed E-state index contributed by atoms with van der Waals surface area (Å²) in [6, 6.07) is 0.0901. The van der Waals surface area contributed by atoms with Crippen molar-refractivity contribution in [1.82, 2.24) is 5.32 Å². The van der Waals surface area contributed by atoms with Crippen LogP contribution in [0.3, 0.4) is 0 Å². The zero-order valence-electron chi connectivity index (χ0n) is 7.62. The molecule has 0 aromatic heterocycles. The van der Waals surface area contributed by atoms with Gasteiger partial charge in [-0.2, -0.15) is 0 Å². The largest absolute Gasteiger partial charge is 0.395 e. The molecule has 0 aromatic carbocycles. The molecule has 74 valence electrons. The van der Waals surface area contributed by atoms with E-state index in [2.05, 4.69) is 5.32 Å². The van der Waals surface area contributed by atoms with E-state index in [4.69, 9.17) is 14.9 Å². The van der Waals surface area contributed by atoms with E-state index < -0.39 is 0 Å². The van der Waals surface area contributed by atoms with E-state index in [-0.39, 0.29) is 19.3 Å². The van der Waals surface area contributed by atoms with Crippen LogP contribution in [0.1, 0.15) is 12.8 Å². The molecule has 0 rings (SSSR count). The lowest BCUT2D eigenvalue weighted by Crippen LogP contribution is -2.34. The van der Waals surface area contributed by atoms with Crippen LogP contribution in [-0.2, 0) is 4.74 Å². The molecule has 0 saturated heterocycles. The number of rotatable bonds is 8. The summed E-state index contributed by atoms with van der Waals surface area (Å²) in [4.78, 5) is 0. The summed E-state index contributed by atoms with van der Waals surface area (Å²) >= 11 is 0. The first-order valence-corrected chi connectivity index (χ1v) is 4.29. The zero-order chi connectivity index (χ0) is 9.23. The summed E-state index contributed by atoms with van der Waals surface area (Å²) in [5.41, 5.74) is 0. The van der Waals surface area contributed by atoms with Gasteiger partial charge in [0.1, 0.15) is 0 Å². The number of aliphatic hydroxyl groups excluding tert-OH is 2. The van der Waals surface area contributed by atoms with Crippen molar-refractivity contribution < 1.29 is 14.9 Å². The summed E-state index contributed by atoms with van der Waals surface area (Å²) in [5, 5.41) is 20.4. The van der Waals surface area contributed by atoms with Gasteiger partial charge in [0.05, 0.1) is 13.2 Å². The highest BCUT2D eigenvalue weighted by Gasteiger charge is 2.04. The fraction of sp³-hybridized carbons (Fsp3) is 1.00. The quantitative estimate of drug-likeness (QED) is 0.431. The van der Waals surface area contributed by atoms with E-state index >= 15 is 0 Å². The minimum absolute atomic E-state index is 0.0901. The van der Waals surface area contributed by atoms with Gasteiger partial charge in [0.25, 0.3) is 0 Å². The van der Waals surface area contributed by atoms with Crippen LogP contribution in [0.25, 0.3) is 0 Å². The number of ether oxygens (including phenoxy) is 1. The van der Waals surface area contributed by atoms with E-state index in [1.54, 1.807) is 7.11 Å². The van der Waals surface area contributed by atoms with Crippen molar-refractivity contribution in [1.29, 1.82) is 0 Å².